The van der Waals surface area contributed by atoms with E-state index in [1.54, 1.807) is 25.6 Å². The van der Waals surface area contributed by atoms with E-state index in [2.05, 4.69) is 31.6 Å². The molecule has 1 N–H and O–H groups in total. The maximum absolute atomic E-state index is 13.9. The molecule has 4 aromatic rings. The van der Waals surface area contributed by atoms with Gasteiger partial charge in [-0.3, -0.25) is 9.88 Å². The zero-order chi connectivity index (χ0) is 35.9. The van der Waals surface area contributed by atoms with E-state index in [1.807, 2.05) is 13.1 Å². The average molecular weight is 730 g/mol. The van der Waals surface area contributed by atoms with E-state index >= 15 is 0 Å². The van der Waals surface area contributed by atoms with Crippen LogP contribution >= 0.6 is 0 Å². The van der Waals surface area contributed by atoms with E-state index in [-0.39, 0.29) is 58.9 Å². The first-order valence-corrected chi connectivity index (χ1v) is 17.6. The van der Waals surface area contributed by atoms with E-state index < -0.39 is 17.8 Å². The van der Waals surface area contributed by atoms with Crippen molar-refractivity contribution in [2.24, 2.45) is 5.41 Å². The number of carboxylic acid groups (broad SMARTS) is 1. The fourth-order valence-corrected chi connectivity index (χ4v) is 7.89. The molecule has 1 aliphatic heterocycles. The van der Waals surface area contributed by atoms with Gasteiger partial charge in [-0.2, -0.15) is 13.2 Å². The predicted molar refractivity (Wildman–Crippen MR) is 184 cm³/mol. The zero-order valence-electron chi connectivity index (χ0n) is 30.2. The van der Waals surface area contributed by atoms with Gasteiger partial charge in [0.15, 0.2) is 11.5 Å². The molecule has 52 heavy (non-hydrogen) atoms. The Balaban J connectivity index is 0.00000464. The van der Waals surface area contributed by atoms with Gasteiger partial charge in [0.1, 0.15) is 22.7 Å². The molecule has 3 fully saturated rings. The van der Waals surface area contributed by atoms with Crippen molar-refractivity contribution in [2.75, 3.05) is 63.3 Å². The second-order valence-corrected chi connectivity index (χ2v) is 14.5. The molecule has 0 spiro atoms. The summed E-state index contributed by atoms with van der Waals surface area (Å²) in [6.45, 7) is 5.97. The normalized spacial score (nSPS) is 19.2. The molecule has 0 unspecified atom stereocenters. The van der Waals surface area contributed by atoms with Gasteiger partial charge in [-0.05, 0) is 62.6 Å². The van der Waals surface area contributed by atoms with Gasteiger partial charge >= 0.3 is 35.7 Å². The second kappa shape index (κ2) is 15.5. The molecule has 7 rings (SSSR count). The van der Waals surface area contributed by atoms with Crippen LogP contribution in [0.2, 0.25) is 0 Å². The molecular formula is C36H43F3N9NaO3. The number of nitrogens with zero attached hydrogens (tertiary/aromatic N) is 8. The number of aromatic amines is 1. The number of imidazole rings is 1. The monoisotopic (exact) mass is 729 g/mol. The van der Waals surface area contributed by atoms with E-state index in [9.17, 15) is 23.1 Å². The summed E-state index contributed by atoms with van der Waals surface area (Å²) < 4.78 is 47.3. The largest absolute Gasteiger partial charge is 1.00 e. The van der Waals surface area contributed by atoms with Crippen molar-refractivity contribution in [1.29, 1.82) is 0 Å². The quantitative estimate of drug-likeness (QED) is 0.213. The van der Waals surface area contributed by atoms with E-state index in [1.165, 1.54) is 6.20 Å². The van der Waals surface area contributed by atoms with Crippen LogP contribution in [-0.4, -0.2) is 100 Å². The van der Waals surface area contributed by atoms with Crippen LogP contribution in [0.1, 0.15) is 69.0 Å². The van der Waals surface area contributed by atoms with E-state index in [4.69, 9.17) is 24.7 Å². The number of anilines is 2. The SMILES string of the molecule is COCC1(CN(C)c2cc(-c3cnc(C(F)(F)F)c(C4CC4)c3)nc3nc(-c4cnc(N5CCN(CCC(=O)[O-])C[C@H]5C)cn4)[nH]c23)CCCC1.[Na+]. The minimum absolute atomic E-state index is 0. The Morgan fingerprint density at radius 1 is 1.08 bits per heavy atom. The molecule has 0 aromatic carbocycles. The number of hydrogen-bond donors (Lipinski definition) is 1. The standard InChI is InChI=1S/C36H44F3N9O3.Na/c1-22-19-47(11-8-30(49)50)12-13-48(22)29-18-40-27(17-41-29)33-44-31-28(46(2)20-35(21-51-3)9-4-5-10-35)15-26(43-34(31)45-33)24-14-25(23-6-7-23)32(42-16-24)36(37,38)39;/h14-18,22-23H,4-13,19-21H2,1-3H3,(H,49,50)(H,43,44,45);/q;+1/p-1/t22-;/m1./s1. The molecule has 4 aromatic heterocycles. The third-order valence-electron chi connectivity index (χ3n) is 10.6. The number of fused-ring (bicyclic) bond motifs is 1. The summed E-state index contributed by atoms with van der Waals surface area (Å²) in [6, 6.07) is 3.61. The van der Waals surface area contributed by atoms with Crippen molar-refractivity contribution in [3.8, 4) is 22.8 Å². The Morgan fingerprint density at radius 3 is 2.48 bits per heavy atom. The zero-order valence-corrected chi connectivity index (χ0v) is 32.2. The van der Waals surface area contributed by atoms with Gasteiger partial charge < -0.3 is 29.4 Å². The smallest absolute Gasteiger partial charge is 0.550 e. The number of hydrogen-bond acceptors (Lipinski definition) is 11. The summed E-state index contributed by atoms with van der Waals surface area (Å²) in [5.74, 6) is -0.0225. The van der Waals surface area contributed by atoms with Gasteiger partial charge in [-0.25, -0.2) is 19.9 Å². The number of carboxylic acids is 1. The number of pyridine rings is 2. The molecular weight excluding hydrogens is 686 g/mol. The molecule has 272 valence electrons. The fourth-order valence-electron chi connectivity index (χ4n) is 7.89. The Morgan fingerprint density at radius 2 is 1.85 bits per heavy atom. The number of halogens is 3. The van der Waals surface area contributed by atoms with Gasteiger partial charge in [0, 0.05) is 76.1 Å². The molecule has 5 heterocycles. The average Bonchev–Trinajstić information content (AvgIpc) is 3.71. The predicted octanol–water partition coefficient (Wildman–Crippen LogP) is 1.67. The van der Waals surface area contributed by atoms with Crippen LogP contribution in [0.3, 0.4) is 0 Å². The van der Waals surface area contributed by atoms with Crippen LogP contribution < -0.4 is 44.5 Å². The van der Waals surface area contributed by atoms with Crippen LogP contribution in [0.25, 0.3) is 33.9 Å². The number of alkyl halides is 3. The molecule has 1 atom stereocenters. The summed E-state index contributed by atoms with van der Waals surface area (Å²) in [4.78, 5) is 43.8. The van der Waals surface area contributed by atoms with Crippen LogP contribution in [-0.2, 0) is 15.7 Å². The van der Waals surface area contributed by atoms with Gasteiger partial charge in [0.25, 0.3) is 0 Å². The summed E-state index contributed by atoms with van der Waals surface area (Å²) in [5, 5.41) is 10.9. The Kier molecular flexibility index (Phi) is 11.5. The van der Waals surface area contributed by atoms with Gasteiger partial charge in [0.2, 0.25) is 0 Å². The topological polar surface area (TPSA) is 139 Å². The molecule has 16 heteroatoms. The molecule has 1 saturated heterocycles. The van der Waals surface area contributed by atoms with Gasteiger partial charge in [0.05, 0.1) is 30.4 Å². The summed E-state index contributed by atoms with van der Waals surface area (Å²) >= 11 is 0. The number of rotatable bonds is 12. The molecule has 12 nitrogen and oxygen atoms in total. The number of aliphatic carboxylic acids is 1. The Hall–Kier alpha value is -3.37. The summed E-state index contributed by atoms with van der Waals surface area (Å²) in [6.07, 6.45) is 5.88. The second-order valence-electron chi connectivity index (χ2n) is 14.5. The van der Waals surface area contributed by atoms with Crippen molar-refractivity contribution >= 4 is 28.6 Å². The van der Waals surface area contributed by atoms with Crippen LogP contribution in [0, 0.1) is 5.41 Å². The van der Waals surface area contributed by atoms with Crippen molar-refractivity contribution < 1.29 is 57.4 Å². The molecule has 0 amide bonds. The molecule has 2 saturated carbocycles. The number of carbonyl (C=O) groups excluding carboxylic acids is 1. The van der Waals surface area contributed by atoms with Crippen molar-refractivity contribution in [3.05, 3.63) is 42.0 Å². The Bertz CT molecular complexity index is 1880. The molecule has 2 aliphatic carbocycles. The minimum atomic E-state index is -4.53. The van der Waals surface area contributed by atoms with Crippen molar-refractivity contribution in [3.63, 3.8) is 0 Å². The third kappa shape index (κ3) is 8.23. The number of carbonyl (C=O) groups is 1. The van der Waals surface area contributed by atoms with Crippen LogP contribution in [0.15, 0.2) is 30.7 Å². The molecule has 0 bridgehead atoms. The van der Waals surface area contributed by atoms with Gasteiger partial charge in [-0.15, -0.1) is 0 Å². The summed E-state index contributed by atoms with van der Waals surface area (Å²) in [5.41, 5.74) is 2.81. The number of H-pyrrole nitrogens is 1. The molecule has 0 radical (unpaired) electrons. The van der Waals surface area contributed by atoms with E-state index in [0.29, 0.717) is 85.4 Å². The van der Waals surface area contributed by atoms with Crippen LogP contribution in [0.4, 0.5) is 24.7 Å². The fraction of sp³-hybridized carbons (Fsp3) is 0.556. The maximum atomic E-state index is 13.9. The number of aromatic nitrogens is 6. The first-order valence-electron chi connectivity index (χ1n) is 17.6. The van der Waals surface area contributed by atoms with Crippen molar-refractivity contribution in [1.82, 2.24) is 34.8 Å². The summed E-state index contributed by atoms with van der Waals surface area (Å²) in [7, 11) is 3.75. The van der Waals surface area contributed by atoms with Gasteiger partial charge in [-0.1, -0.05) is 12.8 Å². The molecule has 3 aliphatic rings. The van der Waals surface area contributed by atoms with Crippen molar-refractivity contribution in [2.45, 2.75) is 70.0 Å². The first kappa shape index (κ1) is 38.4. The third-order valence-corrected chi connectivity index (χ3v) is 10.6. The number of nitrogens with one attached hydrogen (secondary N) is 1. The van der Waals surface area contributed by atoms with Crippen LogP contribution in [0.5, 0.6) is 0 Å². The maximum Gasteiger partial charge on any atom is 1.00 e. The first-order chi connectivity index (χ1) is 24.4. The number of ether oxygens (including phenoxy) is 1. The number of piperazine rings is 1. The number of methoxy groups -OCH3 is 1. The Labute approximate surface area is 322 Å². The van der Waals surface area contributed by atoms with E-state index in [0.717, 1.165) is 37.9 Å². The minimum Gasteiger partial charge on any atom is -0.550 e.